The number of hydrogen-bond acceptors (Lipinski definition) is 3. The SMILES string of the molecule is CCC(=Cc1nn2ccccc2c1-c1ccc(=O)n(C(C)C)n1)CC. The molecule has 0 aromatic carbocycles. The molecule has 25 heavy (non-hydrogen) atoms. The van der Waals surface area contributed by atoms with Crippen LogP contribution in [0, 0.1) is 0 Å². The third kappa shape index (κ3) is 3.27. The van der Waals surface area contributed by atoms with Crippen molar-refractivity contribution in [3.8, 4) is 11.3 Å². The molecule has 0 N–H and O–H groups in total. The van der Waals surface area contributed by atoms with Gasteiger partial charge in [0.25, 0.3) is 5.56 Å². The summed E-state index contributed by atoms with van der Waals surface area (Å²) in [4.78, 5) is 12.1. The predicted octanol–water partition coefficient (Wildman–Crippen LogP) is 4.34. The zero-order chi connectivity index (χ0) is 18.0. The van der Waals surface area contributed by atoms with E-state index in [0.29, 0.717) is 0 Å². The molecule has 0 aliphatic rings. The maximum absolute atomic E-state index is 12.1. The highest BCUT2D eigenvalue weighted by molar-refractivity contribution is 5.85. The van der Waals surface area contributed by atoms with E-state index in [1.54, 1.807) is 12.1 Å². The fraction of sp³-hybridized carbons (Fsp3) is 0.350. The quantitative estimate of drug-likeness (QED) is 0.696. The Morgan fingerprint density at radius 1 is 1.12 bits per heavy atom. The van der Waals surface area contributed by atoms with Crippen molar-refractivity contribution in [2.45, 2.75) is 46.6 Å². The average Bonchev–Trinajstić information content (AvgIpc) is 2.97. The number of rotatable bonds is 5. The average molecular weight is 336 g/mol. The molecule has 0 spiro atoms. The van der Waals surface area contributed by atoms with Crippen molar-refractivity contribution in [2.24, 2.45) is 0 Å². The van der Waals surface area contributed by atoms with E-state index in [0.717, 1.165) is 35.3 Å². The minimum Gasteiger partial charge on any atom is -0.268 e. The molecule has 0 aliphatic heterocycles. The van der Waals surface area contributed by atoms with Crippen LogP contribution in [-0.2, 0) is 0 Å². The molecule has 3 aromatic heterocycles. The van der Waals surface area contributed by atoms with Gasteiger partial charge in [0, 0.05) is 12.3 Å². The maximum Gasteiger partial charge on any atom is 0.267 e. The summed E-state index contributed by atoms with van der Waals surface area (Å²) in [6.45, 7) is 8.23. The Morgan fingerprint density at radius 2 is 1.88 bits per heavy atom. The third-order valence-electron chi connectivity index (χ3n) is 4.39. The molecule has 0 unspecified atom stereocenters. The van der Waals surface area contributed by atoms with Gasteiger partial charge in [-0.15, -0.1) is 0 Å². The molecule has 0 bridgehead atoms. The highest BCUT2D eigenvalue weighted by atomic mass is 16.1. The zero-order valence-electron chi connectivity index (χ0n) is 15.2. The summed E-state index contributed by atoms with van der Waals surface area (Å²) < 4.78 is 3.40. The molecule has 5 heteroatoms. The van der Waals surface area contributed by atoms with Gasteiger partial charge < -0.3 is 0 Å². The van der Waals surface area contributed by atoms with E-state index in [4.69, 9.17) is 5.10 Å². The molecular weight excluding hydrogens is 312 g/mol. The first-order valence-corrected chi connectivity index (χ1v) is 8.82. The van der Waals surface area contributed by atoms with Crippen LogP contribution in [0.3, 0.4) is 0 Å². The Morgan fingerprint density at radius 3 is 2.56 bits per heavy atom. The first-order valence-electron chi connectivity index (χ1n) is 8.82. The lowest BCUT2D eigenvalue weighted by molar-refractivity contribution is 0.505. The van der Waals surface area contributed by atoms with Gasteiger partial charge in [0.1, 0.15) is 0 Å². The molecule has 3 rings (SSSR count). The van der Waals surface area contributed by atoms with Crippen molar-refractivity contribution in [1.82, 2.24) is 19.4 Å². The topological polar surface area (TPSA) is 52.2 Å². The van der Waals surface area contributed by atoms with Gasteiger partial charge in [-0.2, -0.15) is 10.2 Å². The largest absolute Gasteiger partial charge is 0.268 e. The predicted molar refractivity (Wildman–Crippen MR) is 102 cm³/mol. The Bertz CT molecular complexity index is 973. The normalized spacial score (nSPS) is 11.2. The summed E-state index contributed by atoms with van der Waals surface area (Å²) in [6, 6.07) is 9.37. The molecule has 0 aliphatic carbocycles. The molecule has 3 aromatic rings. The molecule has 0 amide bonds. The molecule has 130 valence electrons. The molecule has 5 nitrogen and oxygen atoms in total. The first kappa shape index (κ1) is 17.1. The number of fused-ring (bicyclic) bond motifs is 1. The van der Waals surface area contributed by atoms with Gasteiger partial charge in [-0.3, -0.25) is 4.79 Å². The first-order chi connectivity index (χ1) is 12.0. The van der Waals surface area contributed by atoms with Crippen molar-refractivity contribution in [3.05, 3.63) is 58.1 Å². The summed E-state index contributed by atoms with van der Waals surface area (Å²) in [7, 11) is 0. The van der Waals surface area contributed by atoms with E-state index in [-0.39, 0.29) is 11.6 Å². The van der Waals surface area contributed by atoms with Crippen LogP contribution in [-0.4, -0.2) is 19.4 Å². The number of hydrogen-bond donors (Lipinski definition) is 0. The van der Waals surface area contributed by atoms with Gasteiger partial charge in [-0.1, -0.05) is 25.5 Å². The van der Waals surface area contributed by atoms with Gasteiger partial charge >= 0.3 is 0 Å². The third-order valence-corrected chi connectivity index (χ3v) is 4.39. The Hall–Kier alpha value is -2.69. The Labute approximate surface area is 147 Å². The van der Waals surface area contributed by atoms with Crippen molar-refractivity contribution >= 4 is 11.6 Å². The van der Waals surface area contributed by atoms with E-state index < -0.39 is 0 Å². The monoisotopic (exact) mass is 336 g/mol. The second-order valence-corrected chi connectivity index (χ2v) is 6.40. The second kappa shape index (κ2) is 7.05. The van der Waals surface area contributed by atoms with Crippen LogP contribution in [0.25, 0.3) is 22.9 Å². The lowest BCUT2D eigenvalue weighted by Gasteiger charge is -2.10. The van der Waals surface area contributed by atoms with Crippen molar-refractivity contribution < 1.29 is 0 Å². The number of allylic oxidation sites excluding steroid dienone is 1. The zero-order valence-corrected chi connectivity index (χ0v) is 15.2. The smallest absolute Gasteiger partial charge is 0.267 e. The number of nitrogens with zero attached hydrogens (tertiary/aromatic N) is 4. The maximum atomic E-state index is 12.1. The van der Waals surface area contributed by atoms with Gasteiger partial charge in [-0.05, 0) is 51.0 Å². The summed E-state index contributed by atoms with van der Waals surface area (Å²) >= 11 is 0. The molecule has 0 fully saturated rings. The van der Waals surface area contributed by atoms with Crippen LogP contribution in [0.4, 0.5) is 0 Å². The standard InChI is InChI=1S/C20H24N4O/c1-5-15(6-2)13-17-20(18-9-7-8-12-23(18)21-17)16-10-11-19(25)24(22-16)14(3)4/h7-14H,5-6H2,1-4H3. The lowest BCUT2D eigenvalue weighted by Crippen LogP contribution is -2.23. The second-order valence-electron chi connectivity index (χ2n) is 6.40. The lowest BCUT2D eigenvalue weighted by atomic mass is 10.0. The van der Waals surface area contributed by atoms with E-state index in [9.17, 15) is 4.79 Å². The van der Waals surface area contributed by atoms with Crippen LogP contribution >= 0.6 is 0 Å². The summed E-state index contributed by atoms with van der Waals surface area (Å²) in [5.74, 6) is 0. The van der Waals surface area contributed by atoms with Crippen LogP contribution in [0.1, 0.15) is 52.3 Å². The highest BCUT2D eigenvalue weighted by Crippen LogP contribution is 2.29. The fourth-order valence-electron chi connectivity index (χ4n) is 2.96. The highest BCUT2D eigenvalue weighted by Gasteiger charge is 2.16. The summed E-state index contributed by atoms with van der Waals surface area (Å²) in [5, 5.41) is 9.34. The molecule has 3 heterocycles. The van der Waals surface area contributed by atoms with E-state index in [1.165, 1.54) is 10.3 Å². The van der Waals surface area contributed by atoms with Crippen LogP contribution in [0.2, 0.25) is 0 Å². The van der Waals surface area contributed by atoms with Gasteiger partial charge in [-0.25, -0.2) is 9.20 Å². The Kier molecular flexibility index (Phi) is 4.83. The molecule has 0 atom stereocenters. The number of pyridine rings is 1. The minimum atomic E-state index is -0.0879. The molecular formula is C20H24N4O. The number of aromatic nitrogens is 4. The minimum absolute atomic E-state index is 0.00938. The van der Waals surface area contributed by atoms with E-state index in [1.807, 2.05) is 42.8 Å². The molecule has 0 radical (unpaired) electrons. The van der Waals surface area contributed by atoms with Crippen LogP contribution < -0.4 is 5.56 Å². The Balaban J connectivity index is 2.29. The van der Waals surface area contributed by atoms with Gasteiger partial charge in [0.05, 0.1) is 28.5 Å². The van der Waals surface area contributed by atoms with Gasteiger partial charge in [0.15, 0.2) is 0 Å². The summed E-state index contributed by atoms with van der Waals surface area (Å²) in [6.07, 6.45) is 6.06. The molecule has 0 saturated heterocycles. The van der Waals surface area contributed by atoms with Crippen LogP contribution in [0.5, 0.6) is 0 Å². The molecule has 0 saturated carbocycles. The van der Waals surface area contributed by atoms with E-state index in [2.05, 4.69) is 25.0 Å². The summed E-state index contributed by atoms with van der Waals surface area (Å²) in [5.41, 5.74) is 4.87. The van der Waals surface area contributed by atoms with Crippen LogP contribution in [0.15, 0.2) is 46.9 Å². The van der Waals surface area contributed by atoms with Crippen molar-refractivity contribution in [2.75, 3.05) is 0 Å². The van der Waals surface area contributed by atoms with Crippen molar-refractivity contribution in [3.63, 3.8) is 0 Å². The van der Waals surface area contributed by atoms with Crippen molar-refractivity contribution in [1.29, 1.82) is 0 Å². The fourth-order valence-corrected chi connectivity index (χ4v) is 2.96. The van der Waals surface area contributed by atoms with E-state index >= 15 is 0 Å². The van der Waals surface area contributed by atoms with Gasteiger partial charge in [0.2, 0.25) is 0 Å².